The third-order valence-electron chi connectivity index (χ3n) is 4.45. The topological polar surface area (TPSA) is 148 Å². The molecule has 1 aromatic heterocycles. The van der Waals surface area contributed by atoms with Gasteiger partial charge in [-0.25, -0.2) is 4.79 Å². The van der Waals surface area contributed by atoms with Crippen molar-refractivity contribution >= 4 is 24.2 Å². The van der Waals surface area contributed by atoms with Crippen molar-refractivity contribution in [3.8, 4) is 0 Å². The zero-order chi connectivity index (χ0) is 21.0. The van der Waals surface area contributed by atoms with E-state index < -0.39 is 32.3 Å². The van der Waals surface area contributed by atoms with E-state index >= 15 is 0 Å². The van der Waals surface area contributed by atoms with Crippen molar-refractivity contribution in [3.05, 3.63) is 70.3 Å². The Labute approximate surface area is 166 Å². The summed E-state index contributed by atoms with van der Waals surface area (Å²) in [5.41, 5.74) is 6.95. The van der Waals surface area contributed by atoms with Crippen LogP contribution in [0.15, 0.2) is 53.5 Å². The molecule has 1 atom stereocenters. The number of fused-ring (bicyclic) bond motifs is 1. The van der Waals surface area contributed by atoms with Crippen LogP contribution < -0.4 is 11.4 Å². The molecule has 0 aliphatic heterocycles. The second-order valence-corrected chi connectivity index (χ2v) is 8.25. The highest BCUT2D eigenvalue weighted by Gasteiger charge is 2.19. The number of hydrogen-bond acceptors (Lipinski definition) is 6. The molecule has 0 saturated carbocycles. The molecular formula is C19H22N3O6P. The Balaban J connectivity index is 1.87. The summed E-state index contributed by atoms with van der Waals surface area (Å²) in [6.07, 6.45) is 0.151. The van der Waals surface area contributed by atoms with E-state index in [9.17, 15) is 14.5 Å². The number of nitrogens with two attached hydrogens (primary N) is 1. The summed E-state index contributed by atoms with van der Waals surface area (Å²) in [5.74, 6) is 0.107. The van der Waals surface area contributed by atoms with Crippen molar-refractivity contribution in [2.24, 2.45) is 0 Å². The van der Waals surface area contributed by atoms with Crippen molar-refractivity contribution in [2.75, 3.05) is 18.7 Å². The highest BCUT2D eigenvalue weighted by Crippen LogP contribution is 2.34. The fourth-order valence-electron chi connectivity index (χ4n) is 3.05. The fraction of sp³-hybridized carbons (Fsp3) is 0.263. The number of nitrogens with zero attached hydrogens (tertiary/aromatic N) is 2. The molecule has 5 N–H and O–H groups in total. The average Bonchev–Trinajstić information content (AvgIpc) is 2.68. The van der Waals surface area contributed by atoms with E-state index in [0.717, 1.165) is 16.3 Å². The van der Waals surface area contributed by atoms with E-state index in [1.807, 2.05) is 42.5 Å². The van der Waals surface area contributed by atoms with Gasteiger partial charge in [-0.05, 0) is 16.3 Å². The summed E-state index contributed by atoms with van der Waals surface area (Å²) in [6.45, 7) is -0.638. The Morgan fingerprint density at radius 3 is 2.59 bits per heavy atom. The van der Waals surface area contributed by atoms with Gasteiger partial charge in [-0.2, -0.15) is 4.98 Å². The Morgan fingerprint density at radius 1 is 1.14 bits per heavy atom. The highest BCUT2D eigenvalue weighted by atomic mass is 31.2. The lowest BCUT2D eigenvalue weighted by atomic mass is 9.99. The molecule has 0 aliphatic carbocycles. The first-order chi connectivity index (χ1) is 13.8. The quantitative estimate of drug-likeness (QED) is 0.397. The van der Waals surface area contributed by atoms with Crippen LogP contribution in [0.25, 0.3) is 10.8 Å². The van der Waals surface area contributed by atoms with E-state index in [1.165, 1.54) is 10.8 Å². The Bertz CT molecular complexity index is 1110. The van der Waals surface area contributed by atoms with E-state index in [0.29, 0.717) is 12.0 Å². The number of anilines is 1. The van der Waals surface area contributed by atoms with Crippen LogP contribution >= 0.6 is 7.60 Å². The predicted octanol–water partition coefficient (Wildman–Crippen LogP) is 1.08. The number of ether oxygens (including phenoxy) is 1. The van der Waals surface area contributed by atoms with Crippen LogP contribution in [0.4, 0.5) is 5.82 Å². The second-order valence-electron chi connectivity index (χ2n) is 6.67. The van der Waals surface area contributed by atoms with Crippen LogP contribution in [0.1, 0.15) is 11.1 Å². The van der Waals surface area contributed by atoms with E-state index in [-0.39, 0.29) is 12.4 Å². The molecule has 0 bridgehead atoms. The molecule has 3 aromatic rings. The van der Waals surface area contributed by atoms with Gasteiger partial charge in [0.05, 0.1) is 19.3 Å². The van der Waals surface area contributed by atoms with Gasteiger partial charge in [0.15, 0.2) is 0 Å². The number of rotatable bonds is 8. The molecule has 2 aromatic carbocycles. The molecule has 1 heterocycles. The van der Waals surface area contributed by atoms with Gasteiger partial charge < -0.3 is 25.4 Å². The molecule has 154 valence electrons. The maximum atomic E-state index is 12.2. The Hall–Kier alpha value is -2.55. The van der Waals surface area contributed by atoms with Crippen molar-refractivity contribution < 1.29 is 24.2 Å². The first-order valence-corrected chi connectivity index (χ1v) is 10.7. The van der Waals surface area contributed by atoms with Crippen LogP contribution in [-0.2, 0) is 22.3 Å². The molecule has 0 radical (unpaired) electrons. The van der Waals surface area contributed by atoms with Crippen molar-refractivity contribution in [3.63, 3.8) is 0 Å². The van der Waals surface area contributed by atoms with Crippen molar-refractivity contribution in [1.82, 2.24) is 9.55 Å². The standard InChI is InChI=1S/C19H22N3O6P/c20-18-15(8-14-6-3-5-13-4-1-2-7-17(13)14)9-22(19(24)21-18)10-16(11-23)28-12-29(25,26)27/h1-7,9,16,23H,8,10-12H2,(H2,20,21,24)(H2,25,26,27)/t16-/m0/s1. The average molecular weight is 419 g/mol. The van der Waals surface area contributed by atoms with Crippen LogP contribution in [-0.4, -0.2) is 43.5 Å². The third-order valence-corrected chi connectivity index (χ3v) is 4.93. The smallest absolute Gasteiger partial charge is 0.350 e. The normalized spacial score (nSPS) is 12.9. The fourth-order valence-corrected chi connectivity index (χ4v) is 3.46. The molecule has 0 unspecified atom stereocenters. The number of benzene rings is 2. The minimum Gasteiger partial charge on any atom is -0.394 e. The molecule has 29 heavy (non-hydrogen) atoms. The molecule has 3 rings (SSSR count). The van der Waals surface area contributed by atoms with Gasteiger partial charge in [-0.1, -0.05) is 42.5 Å². The lowest BCUT2D eigenvalue weighted by Gasteiger charge is -2.18. The van der Waals surface area contributed by atoms with E-state index in [1.54, 1.807) is 0 Å². The number of hydrogen-bond donors (Lipinski definition) is 4. The monoisotopic (exact) mass is 419 g/mol. The predicted molar refractivity (Wildman–Crippen MR) is 109 cm³/mol. The van der Waals surface area contributed by atoms with E-state index in [2.05, 4.69) is 4.98 Å². The second kappa shape index (κ2) is 8.86. The van der Waals surface area contributed by atoms with Gasteiger partial charge in [0, 0.05) is 18.2 Å². The van der Waals surface area contributed by atoms with Crippen molar-refractivity contribution in [2.45, 2.75) is 19.1 Å². The minimum absolute atomic E-state index is 0.107. The molecule has 9 nitrogen and oxygen atoms in total. The van der Waals surface area contributed by atoms with Gasteiger partial charge in [-0.3, -0.25) is 9.13 Å². The van der Waals surface area contributed by atoms with Gasteiger partial charge in [0.1, 0.15) is 12.2 Å². The Kier molecular flexibility index (Phi) is 6.46. The zero-order valence-corrected chi connectivity index (χ0v) is 16.4. The largest absolute Gasteiger partial charge is 0.394 e. The van der Waals surface area contributed by atoms with Crippen LogP contribution in [0, 0.1) is 0 Å². The molecular weight excluding hydrogens is 397 g/mol. The van der Waals surface area contributed by atoms with Gasteiger partial charge >= 0.3 is 13.3 Å². The molecule has 0 saturated heterocycles. The number of aliphatic hydroxyl groups excluding tert-OH is 1. The van der Waals surface area contributed by atoms with Gasteiger partial charge in [-0.15, -0.1) is 0 Å². The Morgan fingerprint density at radius 2 is 1.86 bits per heavy atom. The molecule has 0 aliphatic rings. The molecule has 0 amide bonds. The SMILES string of the molecule is Nc1nc(=O)n(C[C@@H](CO)OCP(=O)(O)O)cc1Cc1cccc2ccccc12. The maximum Gasteiger partial charge on any atom is 0.350 e. The zero-order valence-electron chi connectivity index (χ0n) is 15.5. The summed E-state index contributed by atoms with van der Waals surface area (Å²) < 4.78 is 17.2. The first-order valence-electron chi connectivity index (χ1n) is 8.86. The highest BCUT2D eigenvalue weighted by molar-refractivity contribution is 7.51. The van der Waals surface area contributed by atoms with E-state index in [4.69, 9.17) is 20.3 Å². The minimum atomic E-state index is -4.39. The van der Waals surface area contributed by atoms with Crippen molar-refractivity contribution in [1.29, 1.82) is 0 Å². The third kappa shape index (κ3) is 5.50. The summed E-state index contributed by atoms with van der Waals surface area (Å²) in [5, 5.41) is 11.6. The van der Waals surface area contributed by atoms with Gasteiger partial charge in [0.2, 0.25) is 0 Å². The number of aliphatic hydroxyl groups is 1. The summed E-state index contributed by atoms with van der Waals surface area (Å²) in [6, 6.07) is 13.8. The van der Waals surface area contributed by atoms with Crippen LogP contribution in [0.3, 0.4) is 0 Å². The van der Waals surface area contributed by atoms with Gasteiger partial charge in [0.25, 0.3) is 0 Å². The molecule has 0 spiro atoms. The van der Waals surface area contributed by atoms with Crippen LogP contribution in [0.5, 0.6) is 0 Å². The lowest BCUT2D eigenvalue weighted by molar-refractivity contribution is 0.0188. The summed E-state index contributed by atoms with van der Waals surface area (Å²) in [4.78, 5) is 33.9. The lowest BCUT2D eigenvalue weighted by Crippen LogP contribution is -2.33. The van der Waals surface area contributed by atoms with Crippen LogP contribution in [0.2, 0.25) is 0 Å². The summed E-state index contributed by atoms with van der Waals surface area (Å²) >= 11 is 0. The molecule has 10 heteroatoms. The number of aromatic nitrogens is 2. The maximum absolute atomic E-state index is 12.2. The first kappa shape index (κ1) is 21.2. The molecule has 0 fully saturated rings. The number of nitrogen functional groups attached to an aromatic ring is 1. The summed E-state index contributed by atoms with van der Waals surface area (Å²) in [7, 11) is -4.39.